The first kappa shape index (κ1) is 17.0. The van der Waals surface area contributed by atoms with Crippen LogP contribution in [0, 0.1) is 13.8 Å². The zero-order valence-corrected chi connectivity index (χ0v) is 15.3. The van der Waals surface area contributed by atoms with Crippen LogP contribution >= 0.6 is 11.6 Å². The third-order valence-electron chi connectivity index (χ3n) is 5.05. The lowest BCUT2D eigenvalue weighted by molar-refractivity contribution is -0.132. The van der Waals surface area contributed by atoms with Crippen LogP contribution in [0.3, 0.4) is 0 Å². The fourth-order valence-corrected chi connectivity index (χ4v) is 3.88. The van der Waals surface area contributed by atoms with Crippen molar-refractivity contribution in [3.63, 3.8) is 0 Å². The Kier molecular flexibility index (Phi) is 4.95. The molecule has 1 atom stereocenters. The summed E-state index contributed by atoms with van der Waals surface area (Å²) < 4.78 is 1.89. The van der Waals surface area contributed by atoms with Gasteiger partial charge in [0.2, 0.25) is 5.91 Å². The molecule has 1 aliphatic heterocycles. The molecule has 1 aliphatic rings. The Balaban J connectivity index is 1.70. The fraction of sp³-hybridized carbons (Fsp3) is 0.474. The molecule has 4 nitrogen and oxygen atoms in total. The van der Waals surface area contributed by atoms with Crippen LogP contribution in [0.2, 0.25) is 5.02 Å². The third kappa shape index (κ3) is 3.34. The van der Waals surface area contributed by atoms with Crippen molar-refractivity contribution < 1.29 is 4.79 Å². The molecule has 1 unspecified atom stereocenters. The van der Waals surface area contributed by atoms with Crippen molar-refractivity contribution in [2.75, 3.05) is 6.54 Å². The van der Waals surface area contributed by atoms with Crippen LogP contribution in [-0.4, -0.2) is 27.1 Å². The summed E-state index contributed by atoms with van der Waals surface area (Å²) in [4.78, 5) is 14.8. The Hall–Kier alpha value is -1.81. The van der Waals surface area contributed by atoms with Gasteiger partial charge < -0.3 is 4.90 Å². The minimum Gasteiger partial charge on any atom is -0.336 e. The Bertz CT molecular complexity index is 753. The summed E-state index contributed by atoms with van der Waals surface area (Å²) in [6.07, 6.45) is 3.35. The molecule has 1 amide bonds. The largest absolute Gasteiger partial charge is 0.336 e. The molecule has 1 fully saturated rings. The van der Waals surface area contributed by atoms with Crippen LogP contribution < -0.4 is 0 Å². The number of rotatable bonds is 4. The monoisotopic (exact) mass is 345 g/mol. The van der Waals surface area contributed by atoms with Crippen molar-refractivity contribution in [2.45, 2.75) is 45.6 Å². The molecule has 128 valence electrons. The molecule has 5 heteroatoms. The fourth-order valence-electron chi connectivity index (χ4n) is 3.68. The summed E-state index contributed by atoms with van der Waals surface area (Å²) in [6, 6.07) is 8.04. The number of likely N-dealkylation sites (tertiary alicyclic amines) is 1. The van der Waals surface area contributed by atoms with Crippen molar-refractivity contribution in [2.24, 2.45) is 7.05 Å². The zero-order valence-electron chi connectivity index (χ0n) is 14.6. The Morgan fingerprint density at radius 1 is 1.38 bits per heavy atom. The van der Waals surface area contributed by atoms with Crippen LogP contribution in [0.25, 0.3) is 0 Å². The Morgan fingerprint density at radius 2 is 2.17 bits per heavy atom. The number of benzene rings is 1. The second kappa shape index (κ2) is 6.98. The maximum atomic E-state index is 12.8. The number of nitrogens with zero attached hydrogens (tertiary/aromatic N) is 3. The quantitative estimate of drug-likeness (QED) is 0.840. The number of aromatic nitrogens is 2. The first-order chi connectivity index (χ1) is 11.5. The van der Waals surface area contributed by atoms with Gasteiger partial charge in [-0.05, 0) is 56.4 Å². The molecular formula is C19H24ClN3O. The van der Waals surface area contributed by atoms with Gasteiger partial charge in [0, 0.05) is 30.7 Å². The van der Waals surface area contributed by atoms with Gasteiger partial charge in [0.1, 0.15) is 0 Å². The van der Waals surface area contributed by atoms with E-state index in [4.69, 9.17) is 11.6 Å². The standard InChI is InChI=1S/C19H24ClN3O/c1-13-17(14(2)22(3)21-13)9-10-19(24)23-11-5-8-18(23)15-6-4-7-16(20)12-15/h4,6-7,12,18H,5,8-11H2,1-3H3. The van der Waals surface area contributed by atoms with E-state index in [1.54, 1.807) is 0 Å². The van der Waals surface area contributed by atoms with Crippen LogP contribution in [-0.2, 0) is 18.3 Å². The van der Waals surface area contributed by atoms with Gasteiger partial charge in [0.05, 0.1) is 11.7 Å². The van der Waals surface area contributed by atoms with Crippen LogP contribution in [0.15, 0.2) is 24.3 Å². The molecule has 0 bridgehead atoms. The van der Waals surface area contributed by atoms with Crippen LogP contribution in [0.4, 0.5) is 0 Å². The van der Waals surface area contributed by atoms with Gasteiger partial charge in [-0.3, -0.25) is 9.48 Å². The molecule has 24 heavy (non-hydrogen) atoms. The number of halogens is 1. The summed E-state index contributed by atoms with van der Waals surface area (Å²) >= 11 is 6.12. The van der Waals surface area contributed by atoms with Gasteiger partial charge >= 0.3 is 0 Å². The van der Waals surface area contributed by atoms with Gasteiger partial charge in [0.15, 0.2) is 0 Å². The minimum atomic E-state index is 0.160. The predicted molar refractivity (Wildman–Crippen MR) is 96.1 cm³/mol. The van der Waals surface area contributed by atoms with E-state index in [9.17, 15) is 4.79 Å². The molecule has 0 saturated carbocycles. The molecule has 0 radical (unpaired) electrons. The summed E-state index contributed by atoms with van der Waals surface area (Å²) in [5, 5.41) is 5.17. The van der Waals surface area contributed by atoms with E-state index >= 15 is 0 Å². The first-order valence-electron chi connectivity index (χ1n) is 8.51. The van der Waals surface area contributed by atoms with Crippen LogP contribution in [0.1, 0.15) is 47.8 Å². The van der Waals surface area contributed by atoms with Gasteiger partial charge in [-0.15, -0.1) is 0 Å². The number of carbonyl (C=O) groups is 1. The van der Waals surface area contributed by atoms with E-state index < -0.39 is 0 Å². The smallest absolute Gasteiger partial charge is 0.223 e. The van der Waals surface area contributed by atoms with Crippen molar-refractivity contribution in [1.29, 1.82) is 0 Å². The topological polar surface area (TPSA) is 38.1 Å². The Labute approximate surface area is 148 Å². The summed E-state index contributed by atoms with van der Waals surface area (Å²) in [6.45, 7) is 4.91. The zero-order chi connectivity index (χ0) is 17.3. The molecule has 1 saturated heterocycles. The predicted octanol–water partition coefficient (Wildman–Crippen LogP) is 3.99. The van der Waals surface area contributed by atoms with E-state index in [2.05, 4.69) is 18.1 Å². The Morgan fingerprint density at radius 3 is 2.83 bits per heavy atom. The first-order valence-corrected chi connectivity index (χ1v) is 8.89. The highest BCUT2D eigenvalue weighted by Crippen LogP contribution is 2.33. The number of amides is 1. The van der Waals surface area contributed by atoms with E-state index in [1.165, 1.54) is 5.56 Å². The molecule has 1 aromatic heterocycles. The molecule has 0 spiro atoms. The number of carbonyl (C=O) groups excluding carboxylic acids is 1. The van der Waals surface area contributed by atoms with Gasteiger partial charge in [-0.1, -0.05) is 23.7 Å². The van der Waals surface area contributed by atoms with Crippen molar-refractivity contribution in [1.82, 2.24) is 14.7 Å². The second-order valence-corrected chi connectivity index (χ2v) is 7.01. The molecule has 1 aromatic carbocycles. The highest BCUT2D eigenvalue weighted by atomic mass is 35.5. The maximum absolute atomic E-state index is 12.8. The molecule has 0 aliphatic carbocycles. The van der Waals surface area contributed by atoms with Gasteiger partial charge in [0.25, 0.3) is 0 Å². The minimum absolute atomic E-state index is 0.160. The van der Waals surface area contributed by atoms with Crippen LogP contribution in [0.5, 0.6) is 0 Å². The SMILES string of the molecule is Cc1nn(C)c(C)c1CCC(=O)N1CCCC1c1cccc(Cl)c1. The van der Waals surface area contributed by atoms with E-state index in [0.29, 0.717) is 6.42 Å². The summed E-state index contributed by atoms with van der Waals surface area (Å²) in [5.41, 5.74) is 4.51. The second-order valence-electron chi connectivity index (χ2n) is 6.57. The normalized spacial score (nSPS) is 17.5. The van der Waals surface area contributed by atoms with E-state index in [0.717, 1.165) is 47.8 Å². The number of hydrogen-bond acceptors (Lipinski definition) is 2. The molecular weight excluding hydrogens is 322 g/mol. The van der Waals surface area contributed by atoms with Crippen molar-refractivity contribution >= 4 is 17.5 Å². The average molecular weight is 346 g/mol. The number of aryl methyl sites for hydroxylation is 2. The van der Waals surface area contributed by atoms with E-state index in [1.807, 2.05) is 41.8 Å². The molecule has 2 aromatic rings. The highest BCUT2D eigenvalue weighted by molar-refractivity contribution is 6.30. The lowest BCUT2D eigenvalue weighted by Gasteiger charge is -2.25. The third-order valence-corrected chi connectivity index (χ3v) is 5.29. The molecule has 3 rings (SSSR count). The maximum Gasteiger partial charge on any atom is 0.223 e. The van der Waals surface area contributed by atoms with Crippen molar-refractivity contribution in [3.8, 4) is 0 Å². The summed E-state index contributed by atoms with van der Waals surface area (Å²) in [5.74, 6) is 0.222. The van der Waals surface area contributed by atoms with Gasteiger partial charge in [-0.2, -0.15) is 5.10 Å². The van der Waals surface area contributed by atoms with E-state index in [-0.39, 0.29) is 11.9 Å². The van der Waals surface area contributed by atoms with Gasteiger partial charge in [-0.25, -0.2) is 0 Å². The lowest BCUT2D eigenvalue weighted by Crippen LogP contribution is -2.30. The van der Waals surface area contributed by atoms with Crippen molar-refractivity contribution in [3.05, 3.63) is 51.8 Å². The molecule has 0 N–H and O–H groups in total. The lowest BCUT2D eigenvalue weighted by atomic mass is 10.0. The molecule has 2 heterocycles. The highest BCUT2D eigenvalue weighted by Gasteiger charge is 2.29. The summed E-state index contributed by atoms with van der Waals surface area (Å²) in [7, 11) is 1.95. The number of hydrogen-bond donors (Lipinski definition) is 0. The average Bonchev–Trinajstić information content (AvgIpc) is 3.12.